The normalized spacial score (nSPS) is 13.9. The highest BCUT2D eigenvalue weighted by molar-refractivity contribution is 7.98. The molecular formula is C15H22ClN3O2S. The average Bonchev–Trinajstić information content (AvgIpc) is 2.53. The third-order valence-corrected chi connectivity index (χ3v) is 3.91. The number of fused-ring (bicyclic) bond motifs is 1. The van der Waals surface area contributed by atoms with E-state index in [-0.39, 0.29) is 0 Å². The maximum atomic E-state index is 6.24. The van der Waals surface area contributed by atoms with Gasteiger partial charge in [-0.2, -0.15) is 11.8 Å². The molecule has 2 N–H and O–H groups in total. The average molecular weight is 344 g/mol. The minimum Gasteiger partial charge on any atom is -0.486 e. The number of ether oxygens (including phenoxy) is 2. The van der Waals surface area contributed by atoms with Gasteiger partial charge in [-0.1, -0.05) is 11.6 Å². The molecular weight excluding hydrogens is 322 g/mol. The molecule has 1 heterocycles. The zero-order valence-corrected chi connectivity index (χ0v) is 14.5. The van der Waals surface area contributed by atoms with Crippen LogP contribution in [0.2, 0.25) is 5.02 Å². The first-order chi connectivity index (χ1) is 10.7. The van der Waals surface area contributed by atoms with Gasteiger partial charge in [-0.05, 0) is 30.9 Å². The summed E-state index contributed by atoms with van der Waals surface area (Å²) in [6.45, 7) is 5.38. The summed E-state index contributed by atoms with van der Waals surface area (Å²) in [6.07, 6.45) is 2.09. The van der Waals surface area contributed by atoms with Crippen LogP contribution in [0.4, 0.5) is 0 Å². The van der Waals surface area contributed by atoms with E-state index in [1.807, 2.05) is 19.1 Å². The Morgan fingerprint density at radius 1 is 1.32 bits per heavy atom. The van der Waals surface area contributed by atoms with Crippen molar-refractivity contribution in [2.45, 2.75) is 13.5 Å². The van der Waals surface area contributed by atoms with Gasteiger partial charge in [0.2, 0.25) is 0 Å². The fourth-order valence-electron chi connectivity index (χ4n) is 2.04. The molecule has 1 aliphatic heterocycles. The largest absolute Gasteiger partial charge is 0.486 e. The van der Waals surface area contributed by atoms with E-state index in [1.54, 1.807) is 11.8 Å². The first-order valence-electron chi connectivity index (χ1n) is 7.33. The summed E-state index contributed by atoms with van der Waals surface area (Å²) in [5, 5.41) is 7.10. The Morgan fingerprint density at radius 2 is 2.14 bits per heavy atom. The van der Waals surface area contributed by atoms with Crippen molar-refractivity contribution in [1.82, 2.24) is 10.6 Å². The molecule has 0 unspecified atom stereocenters. The molecule has 0 saturated heterocycles. The molecule has 0 aromatic heterocycles. The van der Waals surface area contributed by atoms with E-state index in [0.717, 1.165) is 30.4 Å². The van der Waals surface area contributed by atoms with Crippen LogP contribution in [0, 0.1) is 0 Å². The molecule has 0 spiro atoms. The number of nitrogens with zero attached hydrogens (tertiary/aromatic N) is 1. The minimum atomic E-state index is 0.533. The lowest BCUT2D eigenvalue weighted by molar-refractivity contribution is 0.171. The number of rotatable bonds is 6. The molecule has 122 valence electrons. The summed E-state index contributed by atoms with van der Waals surface area (Å²) in [5.74, 6) is 3.18. The highest BCUT2D eigenvalue weighted by Gasteiger charge is 2.16. The Morgan fingerprint density at radius 3 is 2.91 bits per heavy atom. The molecule has 0 saturated carbocycles. The van der Waals surface area contributed by atoms with Crippen molar-refractivity contribution in [3.8, 4) is 11.5 Å². The number of hydrogen-bond donors (Lipinski definition) is 2. The number of nitrogens with one attached hydrogen (secondary N) is 2. The van der Waals surface area contributed by atoms with Gasteiger partial charge in [0.15, 0.2) is 17.5 Å². The predicted octanol–water partition coefficient (Wildman–Crippen LogP) is 2.53. The maximum absolute atomic E-state index is 6.24. The van der Waals surface area contributed by atoms with Gasteiger partial charge in [0, 0.05) is 18.8 Å². The number of thioether (sulfide) groups is 1. The van der Waals surface area contributed by atoms with E-state index in [1.165, 1.54) is 0 Å². The Bertz CT molecular complexity index is 526. The third kappa shape index (κ3) is 4.88. The molecule has 1 aliphatic rings. The summed E-state index contributed by atoms with van der Waals surface area (Å²) >= 11 is 8.04. The number of aliphatic imine (C=N–C) groups is 1. The van der Waals surface area contributed by atoms with Crippen molar-refractivity contribution in [2.75, 3.05) is 38.3 Å². The van der Waals surface area contributed by atoms with Gasteiger partial charge in [0.1, 0.15) is 13.2 Å². The molecule has 5 nitrogen and oxygen atoms in total. The zero-order valence-electron chi connectivity index (χ0n) is 12.9. The number of guanidine groups is 1. The molecule has 1 aromatic rings. The topological polar surface area (TPSA) is 54.9 Å². The monoisotopic (exact) mass is 343 g/mol. The third-order valence-electron chi connectivity index (χ3n) is 3.02. The van der Waals surface area contributed by atoms with E-state index in [9.17, 15) is 0 Å². The van der Waals surface area contributed by atoms with Gasteiger partial charge in [-0.25, -0.2) is 4.99 Å². The number of halogens is 1. The molecule has 1 aromatic carbocycles. The van der Waals surface area contributed by atoms with Crippen molar-refractivity contribution in [3.63, 3.8) is 0 Å². The van der Waals surface area contributed by atoms with Crippen LogP contribution in [0.1, 0.15) is 12.5 Å². The van der Waals surface area contributed by atoms with Crippen LogP contribution in [0.5, 0.6) is 11.5 Å². The second-order valence-electron chi connectivity index (χ2n) is 4.72. The second kappa shape index (κ2) is 9.00. The Hall–Kier alpha value is -1.27. The van der Waals surface area contributed by atoms with Crippen molar-refractivity contribution in [3.05, 3.63) is 22.7 Å². The predicted molar refractivity (Wildman–Crippen MR) is 93.6 cm³/mol. The first kappa shape index (κ1) is 17.1. The minimum absolute atomic E-state index is 0.533. The molecule has 0 bridgehead atoms. The lowest BCUT2D eigenvalue weighted by atomic mass is 10.2. The van der Waals surface area contributed by atoms with Gasteiger partial charge in [-0.3, -0.25) is 0 Å². The van der Waals surface area contributed by atoms with E-state index < -0.39 is 0 Å². The van der Waals surface area contributed by atoms with E-state index in [4.69, 9.17) is 21.1 Å². The van der Waals surface area contributed by atoms with Gasteiger partial charge in [0.25, 0.3) is 0 Å². The first-order valence-corrected chi connectivity index (χ1v) is 9.11. The molecule has 0 aliphatic carbocycles. The molecule has 2 rings (SSSR count). The molecule has 7 heteroatoms. The highest BCUT2D eigenvalue weighted by Crippen LogP contribution is 2.38. The zero-order chi connectivity index (χ0) is 15.8. The van der Waals surface area contributed by atoms with Crippen LogP contribution in [-0.4, -0.2) is 44.3 Å². The smallest absolute Gasteiger partial charge is 0.191 e. The fourth-order valence-corrected chi connectivity index (χ4v) is 2.63. The molecule has 0 fully saturated rings. The van der Waals surface area contributed by atoms with Crippen LogP contribution in [0.25, 0.3) is 0 Å². The standard InChI is InChI=1S/C15H22ClN3O2S/c1-3-17-15(18-4-7-22-2)19-10-11-8-12(16)14-13(9-11)20-5-6-21-14/h8-9H,3-7,10H2,1-2H3,(H2,17,18,19). The molecule has 0 atom stereocenters. The van der Waals surface area contributed by atoms with Crippen LogP contribution < -0.4 is 20.1 Å². The summed E-state index contributed by atoms with van der Waals surface area (Å²) in [5.41, 5.74) is 0.997. The van der Waals surface area contributed by atoms with Gasteiger partial charge in [-0.15, -0.1) is 0 Å². The fraction of sp³-hybridized carbons (Fsp3) is 0.533. The van der Waals surface area contributed by atoms with Gasteiger partial charge < -0.3 is 20.1 Å². The molecule has 22 heavy (non-hydrogen) atoms. The van der Waals surface area contributed by atoms with E-state index >= 15 is 0 Å². The van der Waals surface area contributed by atoms with Crippen molar-refractivity contribution >= 4 is 29.3 Å². The number of benzene rings is 1. The Labute approximate surface area is 140 Å². The van der Waals surface area contributed by atoms with Crippen molar-refractivity contribution < 1.29 is 9.47 Å². The Kier molecular flexibility index (Phi) is 6.99. The SMILES string of the molecule is CCNC(=NCc1cc(Cl)c2c(c1)OCCO2)NCCSC. The second-order valence-corrected chi connectivity index (χ2v) is 6.11. The van der Waals surface area contributed by atoms with Crippen molar-refractivity contribution in [1.29, 1.82) is 0 Å². The summed E-state index contributed by atoms with van der Waals surface area (Å²) in [6, 6.07) is 3.82. The van der Waals surface area contributed by atoms with E-state index in [2.05, 4.69) is 21.9 Å². The lowest BCUT2D eigenvalue weighted by Crippen LogP contribution is -2.38. The highest BCUT2D eigenvalue weighted by atomic mass is 35.5. The summed E-state index contributed by atoms with van der Waals surface area (Å²) < 4.78 is 11.1. The van der Waals surface area contributed by atoms with Gasteiger partial charge >= 0.3 is 0 Å². The van der Waals surface area contributed by atoms with Crippen LogP contribution >= 0.6 is 23.4 Å². The lowest BCUT2D eigenvalue weighted by Gasteiger charge is -2.20. The Balaban J connectivity index is 2.04. The van der Waals surface area contributed by atoms with Crippen LogP contribution in [-0.2, 0) is 6.54 Å². The van der Waals surface area contributed by atoms with Crippen molar-refractivity contribution in [2.24, 2.45) is 4.99 Å². The van der Waals surface area contributed by atoms with Gasteiger partial charge in [0.05, 0.1) is 11.6 Å². The molecule has 0 amide bonds. The summed E-state index contributed by atoms with van der Waals surface area (Å²) in [7, 11) is 0. The molecule has 0 radical (unpaired) electrons. The van der Waals surface area contributed by atoms with Crippen LogP contribution in [0.15, 0.2) is 17.1 Å². The van der Waals surface area contributed by atoms with Crippen LogP contribution in [0.3, 0.4) is 0 Å². The maximum Gasteiger partial charge on any atom is 0.191 e. The summed E-state index contributed by atoms with van der Waals surface area (Å²) in [4.78, 5) is 4.58. The quantitative estimate of drug-likeness (QED) is 0.472. The number of hydrogen-bond acceptors (Lipinski definition) is 4. The van der Waals surface area contributed by atoms with E-state index in [0.29, 0.717) is 36.3 Å².